The molecule has 0 aliphatic carbocycles. The summed E-state index contributed by atoms with van der Waals surface area (Å²) in [5.41, 5.74) is 2.03. The van der Waals surface area contributed by atoms with Gasteiger partial charge in [0, 0.05) is 24.3 Å². The molecule has 1 fully saturated rings. The van der Waals surface area contributed by atoms with Crippen LogP contribution in [0.4, 0.5) is 10.5 Å². The number of carbonyl (C=O) groups excluding carboxylic acids is 1. The van der Waals surface area contributed by atoms with E-state index in [2.05, 4.69) is 10.5 Å². The fourth-order valence-corrected chi connectivity index (χ4v) is 2.18. The van der Waals surface area contributed by atoms with Crippen molar-refractivity contribution in [2.75, 3.05) is 18.4 Å². The first-order valence-electron chi connectivity index (χ1n) is 6.56. The van der Waals surface area contributed by atoms with Crippen LogP contribution < -0.4 is 5.32 Å². The summed E-state index contributed by atoms with van der Waals surface area (Å²) in [6.07, 6.45) is 3.35. The number of carbonyl (C=O) groups is 1. The number of piperidine rings is 1. The van der Waals surface area contributed by atoms with E-state index in [0.717, 1.165) is 37.2 Å². The standard InChI is InChI=1S/C14H19N3O2/c1-11(16-19)12-6-5-7-13(10-12)15-14(18)17-8-3-2-4-9-17/h5-7,10,19H,2-4,8-9H2,1H3,(H,15,18). The lowest BCUT2D eigenvalue weighted by Crippen LogP contribution is -2.38. The van der Waals surface area contributed by atoms with Crippen molar-refractivity contribution in [3.8, 4) is 0 Å². The van der Waals surface area contributed by atoms with Crippen molar-refractivity contribution in [2.45, 2.75) is 26.2 Å². The zero-order valence-electron chi connectivity index (χ0n) is 11.1. The van der Waals surface area contributed by atoms with E-state index >= 15 is 0 Å². The van der Waals surface area contributed by atoms with Crippen LogP contribution in [0.5, 0.6) is 0 Å². The maximum atomic E-state index is 12.1. The molecule has 5 nitrogen and oxygen atoms in total. The molecule has 0 bridgehead atoms. The van der Waals surface area contributed by atoms with Gasteiger partial charge in [-0.3, -0.25) is 0 Å². The van der Waals surface area contributed by atoms with Crippen molar-refractivity contribution in [3.63, 3.8) is 0 Å². The van der Waals surface area contributed by atoms with Crippen molar-refractivity contribution in [3.05, 3.63) is 29.8 Å². The van der Waals surface area contributed by atoms with Gasteiger partial charge in [-0.2, -0.15) is 0 Å². The summed E-state index contributed by atoms with van der Waals surface area (Å²) in [4.78, 5) is 13.9. The van der Waals surface area contributed by atoms with Gasteiger partial charge in [-0.25, -0.2) is 4.79 Å². The fourth-order valence-electron chi connectivity index (χ4n) is 2.18. The van der Waals surface area contributed by atoms with E-state index in [1.165, 1.54) is 6.42 Å². The molecule has 0 atom stereocenters. The van der Waals surface area contributed by atoms with E-state index < -0.39 is 0 Å². The van der Waals surface area contributed by atoms with Gasteiger partial charge in [0.05, 0.1) is 5.71 Å². The maximum Gasteiger partial charge on any atom is 0.321 e. The predicted octanol–water partition coefficient (Wildman–Crippen LogP) is 2.90. The molecule has 0 saturated carbocycles. The maximum absolute atomic E-state index is 12.1. The van der Waals surface area contributed by atoms with E-state index in [0.29, 0.717) is 5.71 Å². The molecule has 0 unspecified atom stereocenters. The van der Waals surface area contributed by atoms with Gasteiger partial charge < -0.3 is 15.4 Å². The summed E-state index contributed by atoms with van der Waals surface area (Å²) in [6.45, 7) is 3.36. The SMILES string of the molecule is CC(=NO)c1cccc(NC(=O)N2CCCCC2)c1. The molecule has 0 aromatic heterocycles. The number of amides is 2. The zero-order chi connectivity index (χ0) is 13.7. The molecule has 0 spiro atoms. The lowest BCUT2D eigenvalue weighted by Gasteiger charge is -2.26. The lowest BCUT2D eigenvalue weighted by molar-refractivity contribution is 0.200. The number of benzene rings is 1. The average Bonchev–Trinajstić information content (AvgIpc) is 2.47. The third-order valence-corrected chi connectivity index (χ3v) is 3.32. The fraction of sp³-hybridized carbons (Fsp3) is 0.429. The second-order valence-corrected chi connectivity index (χ2v) is 4.74. The van der Waals surface area contributed by atoms with Crippen molar-refractivity contribution in [1.29, 1.82) is 0 Å². The summed E-state index contributed by atoms with van der Waals surface area (Å²) >= 11 is 0. The van der Waals surface area contributed by atoms with E-state index in [-0.39, 0.29) is 6.03 Å². The molecule has 1 aliphatic rings. The Morgan fingerprint density at radius 2 is 2.05 bits per heavy atom. The molecule has 2 N–H and O–H groups in total. The van der Waals surface area contributed by atoms with Gasteiger partial charge in [0.2, 0.25) is 0 Å². The van der Waals surface area contributed by atoms with Gasteiger partial charge >= 0.3 is 6.03 Å². The van der Waals surface area contributed by atoms with E-state index in [9.17, 15) is 4.79 Å². The van der Waals surface area contributed by atoms with Crippen LogP contribution in [-0.2, 0) is 0 Å². The molecule has 1 aromatic carbocycles. The van der Waals surface area contributed by atoms with E-state index in [4.69, 9.17) is 5.21 Å². The number of nitrogens with zero attached hydrogens (tertiary/aromatic N) is 2. The Morgan fingerprint density at radius 3 is 2.74 bits per heavy atom. The second kappa shape index (κ2) is 6.22. The predicted molar refractivity (Wildman–Crippen MR) is 74.9 cm³/mol. The molecule has 2 amide bonds. The number of rotatable bonds is 2. The minimum absolute atomic E-state index is 0.0598. The Bertz CT molecular complexity index is 479. The Labute approximate surface area is 112 Å². The van der Waals surface area contributed by atoms with Crippen LogP contribution in [0.15, 0.2) is 29.4 Å². The zero-order valence-corrected chi connectivity index (χ0v) is 11.1. The molecule has 1 aliphatic heterocycles. The van der Waals surface area contributed by atoms with Gasteiger partial charge in [-0.05, 0) is 38.3 Å². The van der Waals surface area contributed by atoms with Crippen LogP contribution in [0.1, 0.15) is 31.7 Å². The number of urea groups is 1. The summed E-state index contributed by atoms with van der Waals surface area (Å²) in [5.74, 6) is 0. The molecule has 5 heteroatoms. The van der Waals surface area contributed by atoms with Crippen LogP contribution in [0.2, 0.25) is 0 Å². The first-order chi connectivity index (χ1) is 9.20. The molecule has 1 heterocycles. The van der Waals surface area contributed by atoms with Crippen LogP contribution >= 0.6 is 0 Å². The highest BCUT2D eigenvalue weighted by atomic mass is 16.4. The number of anilines is 1. The Hall–Kier alpha value is -2.04. The third kappa shape index (κ3) is 3.47. The Morgan fingerprint density at radius 1 is 1.32 bits per heavy atom. The Balaban J connectivity index is 2.04. The lowest BCUT2D eigenvalue weighted by atomic mass is 10.1. The van der Waals surface area contributed by atoms with Gasteiger partial charge in [0.15, 0.2) is 0 Å². The van der Waals surface area contributed by atoms with Crippen molar-refractivity contribution in [1.82, 2.24) is 4.90 Å². The van der Waals surface area contributed by atoms with Gasteiger partial charge in [-0.15, -0.1) is 0 Å². The molecular formula is C14H19N3O2. The molecule has 1 aromatic rings. The van der Waals surface area contributed by atoms with Crippen LogP contribution in [0.3, 0.4) is 0 Å². The molecule has 0 radical (unpaired) electrons. The van der Waals surface area contributed by atoms with Crippen LogP contribution in [0.25, 0.3) is 0 Å². The first-order valence-corrected chi connectivity index (χ1v) is 6.56. The minimum Gasteiger partial charge on any atom is -0.411 e. The largest absolute Gasteiger partial charge is 0.411 e. The van der Waals surface area contributed by atoms with E-state index in [1.807, 2.05) is 23.1 Å². The average molecular weight is 261 g/mol. The summed E-state index contributed by atoms with van der Waals surface area (Å²) < 4.78 is 0. The highest BCUT2D eigenvalue weighted by Gasteiger charge is 2.16. The minimum atomic E-state index is -0.0598. The molecule has 19 heavy (non-hydrogen) atoms. The highest BCUT2D eigenvalue weighted by molar-refractivity contribution is 6.00. The first kappa shape index (κ1) is 13.4. The number of hydrogen-bond acceptors (Lipinski definition) is 3. The van der Waals surface area contributed by atoms with Gasteiger partial charge in [0.1, 0.15) is 0 Å². The van der Waals surface area contributed by atoms with Gasteiger partial charge in [-0.1, -0.05) is 17.3 Å². The van der Waals surface area contributed by atoms with Crippen LogP contribution in [-0.4, -0.2) is 34.9 Å². The molecule has 2 rings (SSSR count). The topological polar surface area (TPSA) is 64.9 Å². The third-order valence-electron chi connectivity index (χ3n) is 3.32. The number of nitrogens with one attached hydrogen (secondary N) is 1. The Kier molecular flexibility index (Phi) is 4.39. The van der Waals surface area contributed by atoms with Crippen molar-refractivity contribution >= 4 is 17.4 Å². The number of oxime groups is 1. The number of likely N-dealkylation sites (tertiary alicyclic amines) is 1. The monoisotopic (exact) mass is 261 g/mol. The molecule has 102 valence electrons. The summed E-state index contributed by atoms with van der Waals surface area (Å²) in [7, 11) is 0. The van der Waals surface area contributed by atoms with Crippen molar-refractivity contribution < 1.29 is 10.0 Å². The molecular weight excluding hydrogens is 242 g/mol. The smallest absolute Gasteiger partial charge is 0.321 e. The molecule has 1 saturated heterocycles. The second-order valence-electron chi connectivity index (χ2n) is 4.74. The summed E-state index contributed by atoms with van der Waals surface area (Å²) in [6, 6.07) is 7.24. The normalized spacial score (nSPS) is 16.3. The van der Waals surface area contributed by atoms with Crippen molar-refractivity contribution in [2.24, 2.45) is 5.16 Å². The quantitative estimate of drug-likeness (QED) is 0.488. The van der Waals surface area contributed by atoms with Crippen LogP contribution in [0, 0.1) is 0 Å². The highest BCUT2D eigenvalue weighted by Crippen LogP contribution is 2.14. The van der Waals surface area contributed by atoms with Gasteiger partial charge in [0.25, 0.3) is 0 Å². The number of hydrogen-bond donors (Lipinski definition) is 2. The summed E-state index contributed by atoms with van der Waals surface area (Å²) in [5, 5.41) is 14.8. The van der Waals surface area contributed by atoms with E-state index in [1.54, 1.807) is 13.0 Å².